The number of nitrogens with one attached hydrogen (secondary N) is 1. The molecule has 0 aliphatic carbocycles. The molecule has 0 aliphatic rings. The van der Waals surface area contributed by atoms with Gasteiger partial charge < -0.3 is 5.11 Å². The van der Waals surface area contributed by atoms with Crippen molar-refractivity contribution in [3.63, 3.8) is 0 Å². The molecule has 0 radical (unpaired) electrons. The van der Waals surface area contributed by atoms with Crippen LogP contribution in [0, 0.1) is 17.4 Å². The lowest BCUT2D eigenvalue weighted by atomic mass is 10.0. The number of amidine groups is 1. The van der Waals surface area contributed by atoms with Crippen LogP contribution in [0.2, 0.25) is 0 Å². The summed E-state index contributed by atoms with van der Waals surface area (Å²) < 4.78 is 0. The van der Waals surface area contributed by atoms with E-state index in [9.17, 15) is 0 Å². The van der Waals surface area contributed by atoms with E-state index in [1.165, 1.54) is 11.8 Å². The number of aliphatic hydroxyl groups excluding tert-OH is 1. The fraction of sp³-hybridized carbons (Fsp3) is 0.778. The molecule has 0 saturated heterocycles. The third-order valence-corrected chi connectivity index (χ3v) is 2.43. The molecule has 0 aliphatic heterocycles. The number of rotatable bonds is 4. The van der Waals surface area contributed by atoms with Gasteiger partial charge in [0.15, 0.2) is 11.4 Å². The number of nitriles is 1. The third-order valence-electron chi connectivity index (χ3n) is 1.83. The van der Waals surface area contributed by atoms with E-state index in [4.69, 9.17) is 10.4 Å². The smallest absolute Gasteiger partial charge is 0.183 e. The van der Waals surface area contributed by atoms with E-state index in [1.54, 1.807) is 0 Å². The third kappa shape index (κ3) is 5.10. The van der Waals surface area contributed by atoms with Gasteiger partial charge in [-0.1, -0.05) is 25.6 Å². The lowest BCUT2D eigenvalue weighted by Gasteiger charge is -2.16. The Morgan fingerprint density at radius 3 is 2.64 bits per heavy atom. The van der Waals surface area contributed by atoms with Gasteiger partial charge in [-0.05, 0) is 18.6 Å². The van der Waals surface area contributed by atoms with Crippen molar-refractivity contribution >= 4 is 16.9 Å². The first kappa shape index (κ1) is 13.3. The highest BCUT2D eigenvalue weighted by Crippen LogP contribution is 2.12. The van der Waals surface area contributed by atoms with E-state index in [-0.39, 0.29) is 12.6 Å². The number of nitrogens with zero attached hydrogens (tertiary/aromatic N) is 2. The molecule has 80 valence electrons. The average Bonchev–Trinajstić information content (AvgIpc) is 2.15. The molecule has 0 heterocycles. The van der Waals surface area contributed by atoms with Gasteiger partial charge in [-0.25, -0.2) is 0 Å². The van der Waals surface area contributed by atoms with Crippen LogP contribution < -0.4 is 5.32 Å². The van der Waals surface area contributed by atoms with Crippen molar-refractivity contribution in [2.75, 3.05) is 12.9 Å². The normalized spacial score (nSPS) is 13.9. The Hall–Kier alpha value is -0.730. The second-order valence-electron chi connectivity index (χ2n) is 3.20. The molecule has 0 aromatic heterocycles. The van der Waals surface area contributed by atoms with Gasteiger partial charge in [-0.3, -0.25) is 10.3 Å². The molecule has 0 amide bonds. The first-order chi connectivity index (χ1) is 6.65. The summed E-state index contributed by atoms with van der Waals surface area (Å²) in [6.07, 6.45) is 4.34. The predicted molar refractivity (Wildman–Crippen MR) is 60.0 cm³/mol. The zero-order valence-electron chi connectivity index (χ0n) is 8.82. The first-order valence-corrected chi connectivity index (χ1v) is 5.76. The fourth-order valence-corrected chi connectivity index (χ4v) is 1.40. The second-order valence-corrected chi connectivity index (χ2v) is 3.99. The van der Waals surface area contributed by atoms with Crippen LogP contribution in [-0.4, -0.2) is 29.2 Å². The Balaban J connectivity index is 4.42. The molecule has 1 unspecified atom stereocenters. The van der Waals surface area contributed by atoms with Crippen molar-refractivity contribution in [2.45, 2.75) is 26.3 Å². The van der Waals surface area contributed by atoms with Crippen LogP contribution in [0.3, 0.4) is 0 Å². The Morgan fingerprint density at radius 1 is 1.64 bits per heavy atom. The van der Waals surface area contributed by atoms with Crippen molar-refractivity contribution in [1.82, 2.24) is 5.32 Å². The summed E-state index contributed by atoms with van der Waals surface area (Å²) in [5, 5.41) is 20.4. The summed E-state index contributed by atoms with van der Waals surface area (Å²) in [5.41, 5.74) is 0. The summed E-state index contributed by atoms with van der Waals surface area (Å²) in [4.78, 5) is 4.36. The summed E-state index contributed by atoms with van der Waals surface area (Å²) in [7, 11) is 0. The molecule has 0 bridgehead atoms. The van der Waals surface area contributed by atoms with Crippen molar-refractivity contribution in [2.24, 2.45) is 10.9 Å². The van der Waals surface area contributed by atoms with Gasteiger partial charge >= 0.3 is 0 Å². The first-order valence-electron chi connectivity index (χ1n) is 4.53. The van der Waals surface area contributed by atoms with Crippen LogP contribution in [0.15, 0.2) is 4.99 Å². The van der Waals surface area contributed by atoms with Crippen LogP contribution in [0.25, 0.3) is 0 Å². The minimum absolute atomic E-state index is 0.0725. The standard InChI is InChI=1S/C9H17N3OS/c1-7(2)8(4-5-13)12-9(14-3)11-6-10/h7-8,13H,4-5H2,1-3H3,(H,11,12). The van der Waals surface area contributed by atoms with Gasteiger partial charge in [-0.15, -0.1) is 0 Å². The van der Waals surface area contributed by atoms with Gasteiger partial charge in [0.25, 0.3) is 0 Å². The molecule has 0 fully saturated rings. The topological polar surface area (TPSA) is 68.4 Å². The van der Waals surface area contributed by atoms with Gasteiger partial charge in [-0.2, -0.15) is 5.26 Å². The predicted octanol–water partition coefficient (Wildman–Crippen LogP) is 1.18. The number of thioether (sulfide) groups is 1. The lowest BCUT2D eigenvalue weighted by Crippen LogP contribution is -2.21. The highest BCUT2D eigenvalue weighted by atomic mass is 32.2. The molecule has 0 aromatic rings. The Kier molecular flexibility index (Phi) is 7.25. The summed E-state index contributed by atoms with van der Waals surface area (Å²) in [5.74, 6) is 0.366. The highest BCUT2D eigenvalue weighted by Gasteiger charge is 2.12. The van der Waals surface area contributed by atoms with E-state index in [1.807, 2.05) is 26.3 Å². The van der Waals surface area contributed by atoms with Crippen molar-refractivity contribution in [3.8, 4) is 6.19 Å². The Labute approximate surface area is 89.4 Å². The highest BCUT2D eigenvalue weighted by molar-refractivity contribution is 8.13. The molecule has 2 N–H and O–H groups in total. The largest absolute Gasteiger partial charge is 0.396 e. The van der Waals surface area contributed by atoms with E-state index in [0.717, 1.165) is 0 Å². The van der Waals surface area contributed by atoms with Gasteiger partial charge in [0.2, 0.25) is 0 Å². The monoisotopic (exact) mass is 215 g/mol. The van der Waals surface area contributed by atoms with Crippen molar-refractivity contribution in [1.29, 1.82) is 5.26 Å². The van der Waals surface area contributed by atoms with Crippen LogP contribution in [0.1, 0.15) is 20.3 Å². The van der Waals surface area contributed by atoms with E-state index < -0.39 is 0 Å². The lowest BCUT2D eigenvalue weighted by molar-refractivity contribution is 0.262. The number of hydrogen-bond donors (Lipinski definition) is 2. The van der Waals surface area contributed by atoms with Crippen LogP contribution >= 0.6 is 11.8 Å². The summed E-state index contributed by atoms with van der Waals surface area (Å²) in [6, 6.07) is 0.0725. The number of aliphatic imine (C=N–C) groups is 1. The molecule has 5 heteroatoms. The van der Waals surface area contributed by atoms with Crippen LogP contribution in [0.5, 0.6) is 0 Å². The molecule has 0 rings (SSSR count). The van der Waals surface area contributed by atoms with Crippen LogP contribution in [0.4, 0.5) is 0 Å². The molecule has 4 nitrogen and oxygen atoms in total. The Bertz CT molecular complexity index is 223. The van der Waals surface area contributed by atoms with E-state index >= 15 is 0 Å². The van der Waals surface area contributed by atoms with Crippen molar-refractivity contribution in [3.05, 3.63) is 0 Å². The molecule has 0 saturated carbocycles. The van der Waals surface area contributed by atoms with Gasteiger partial charge in [0, 0.05) is 6.61 Å². The maximum atomic E-state index is 8.84. The molecular weight excluding hydrogens is 198 g/mol. The molecule has 0 aromatic carbocycles. The van der Waals surface area contributed by atoms with Crippen LogP contribution in [-0.2, 0) is 0 Å². The maximum Gasteiger partial charge on any atom is 0.183 e. The fourth-order valence-electron chi connectivity index (χ4n) is 1.01. The molecular formula is C9H17N3OS. The van der Waals surface area contributed by atoms with Gasteiger partial charge in [0.05, 0.1) is 6.04 Å². The number of hydrogen-bond acceptors (Lipinski definition) is 4. The molecule has 0 spiro atoms. The van der Waals surface area contributed by atoms with E-state index in [0.29, 0.717) is 17.5 Å². The zero-order chi connectivity index (χ0) is 11.0. The Morgan fingerprint density at radius 2 is 2.29 bits per heavy atom. The minimum Gasteiger partial charge on any atom is -0.396 e. The zero-order valence-corrected chi connectivity index (χ0v) is 9.64. The maximum absolute atomic E-state index is 8.84. The summed E-state index contributed by atoms with van der Waals surface area (Å²) >= 11 is 1.40. The van der Waals surface area contributed by atoms with Gasteiger partial charge in [0.1, 0.15) is 0 Å². The average molecular weight is 215 g/mol. The molecule has 14 heavy (non-hydrogen) atoms. The van der Waals surface area contributed by atoms with E-state index in [2.05, 4.69) is 10.3 Å². The minimum atomic E-state index is 0.0725. The van der Waals surface area contributed by atoms with Crippen molar-refractivity contribution < 1.29 is 5.11 Å². The quantitative estimate of drug-likeness (QED) is 0.320. The second kappa shape index (κ2) is 7.65. The summed E-state index contributed by atoms with van der Waals surface area (Å²) in [6.45, 7) is 4.23. The number of aliphatic hydroxyl groups is 1. The SMILES string of the molecule is CSC(=NC(CCO)C(C)C)NC#N. The molecule has 1 atom stereocenters.